The lowest BCUT2D eigenvalue weighted by molar-refractivity contribution is -0.118. The minimum absolute atomic E-state index is 0.0244. The molecule has 1 atom stereocenters. The number of amides is 1. The Bertz CT molecular complexity index is 354. The predicted octanol–water partition coefficient (Wildman–Crippen LogP) is 1.68. The average molecular weight is 223 g/mol. The van der Waals surface area contributed by atoms with Crippen LogP contribution in [0.3, 0.4) is 0 Å². The van der Waals surface area contributed by atoms with Crippen molar-refractivity contribution in [1.82, 2.24) is 0 Å². The molecule has 88 valence electrons. The number of carbonyl (C=O) groups is 1. The van der Waals surface area contributed by atoms with Crippen molar-refractivity contribution >= 4 is 5.91 Å². The SMILES string of the molecule is COc1cccc(OC)c1C(C)CC(N)=O. The molecule has 2 N–H and O–H groups in total. The monoisotopic (exact) mass is 223 g/mol. The summed E-state index contributed by atoms with van der Waals surface area (Å²) in [7, 11) is 3.19. The third-order valence-corrected chi connectivity index (χ3v) is 2.47. The highest BCUT2D eigenvalue weighted by molar-refractivity contribution is 5.75. The molecule has 0 bridgehead atoms. The van der Waals surface area contributed by atoms with Crippen LogP contribution in [-0.2, 0) is 4.79 Å². The van der Waals surface area contributed by atoms with Crippen molar-refractivity contribution in [2.45, 2.75) is 19.3 Å². The topological polar surface area (TPSA) is 61.6 Å². The number of hydrogen-bond donors (Lipinski definition) is 1. The molecule has 0 aliphatic rings. The summed E-state index contributed by atoms with van der Waals surface area (Å²) in [5.74, 6) is 1.07. The van der Waals surface area contributed by atoms with Crippen molar-refractivity contribution in [2.75, 3.05) is 14.2 Å². The molecule has 0 saturated carbocycles. The second kappa shape index (κ2) is 5.39. The summed E-state index contributed by atoms with van der Waals surface area (Å²) in [6.07, 6.45) is 0.275. The number of methoxy groups -OCH3 is 2. The van der Waals surface area contributed by atoms with Gasteiger partial charge in [0.1, 0.15) is 11.5 Å². The molecule has 1 rings (SSSR count). The summed E-state index contributed by atoms with van der Waals surface area (Å²) in [5.41, 5.74) is 6.07. The van der Waals surface area contributed by atoms with Gasteiger partial charge >= 0.3 is 0 Å². The van der Waals surface area contributed by atoms with E-state index in [1.807, 2.05) is 25.1 Å². The number of hydrogen-bond acceptors (Lipinski definition) is 3. The van der Waals surface area contributed by atoms with Gasteiger partial charge in [0.2, 0.25) is 5.91 Å². The highest BCUT2D eigenvalue weighted by Gasteiger charge is 2.18. The fourth-order valence-electron chi connectivity index (χ4n) is 1.77. The van der Waals surface area contributed by atoms with Crippen molar-refractivity contribution in [1.29, 1.82) is 0 Å². The highest BCUT2D eigenvalue weighted by atomic mass is 16.5. The van der Waals surface area contributed by atoms with Crippen molar-refractivity contribution in [3.63, 3.8) is 0 Å². The first kappa shape index (κ1) is 12.4. The molecular weight excluding hydrogens is 206 g/mol. The first-order chi connectivity index (χ1) is 7.60. The second-order valence-corrected chi connectivity index (χ2v) is 3.65. The van der Waals surface area contributed by atoms with E-state index in [-0.39, 0.29) is 18.2 Å². The standard InChI is InChI=1S/C12H17NO3/c1-8(7-11(13)14)12-9(15-2)5-4-6-10(12)16-3/h4-6,8H,7H2,1-3H3,(H2,13,14). The van der Waals surface area contributed by atoms with Gasteiger partial charge < -0.3 is 15.2 Å². The Morgan fingerprint density at radius 2 is 1.81 bits per heavy atom. The van der Waals surface area contributed by atoms with E-state index in [1.165, 1.54) is 0 Å². The molecule has 1 unspecified atom stereocenters. The van der Waals surface area contributed by atoms with Crippen LogP contribution in [0.25, 0.3) is 0 Å². The molecule has 4 nitrogen and oxygen atoms in total. The fourth-order valence-corrected chi connectivity index (χ4v) is 1.77. The van der Waals surface area contributed by atoms with Crippen LogP contribution in [0.4, 0.5) is 0 Å². The summed E-state index contributed by atoms with van der Waals surface area (Å²) >= 11 is 0. The highest BCUT2D eigenvalue weighted by Crippen LogP contribution is 2.36. The van der Waals surface area contributed by atoms with E-state index in [1.54, 1.807) is 14.2 Å². The van der Waals surface area contributed by atoms with Crippen LogP contribution in [0.2, 0.25) is 0 Å². The van der Waals surface area contributed by atoms with Gasteiger partial charge in [0, 0.05) is 12.0 Å². The molecule has 0 spiro atoms. The maximum absolute atomic E-state index is 10.9. The predicted molar refractivity (Wildman–Crippen MR) is 61.8 cm³/mol. The molecule has 0 radical (unpaired) electrons. The molecule has 0 aromatic heterocycles. The van der Waals surface area contributed by atoms with E-state index in [9.17, 15) is 4.79 Å². The fraction of sp³-hybridized carbons (Fsp3) is 0.417. The third kappa shape index (κ3) is 2.66. The largest absolute Gasteiger partial charge is 0.496 e. The summed E-state index contributed by atoms with van der Waals surface area (Å²) in [6, 6.07) is 5.53. The number of carbonyl (C=O) groups excluding carboxylic acids is 1. The molecule has 16 heavy (non-hydrogen) atoms. The quantitative estimate of drug-likeness (QED) is 0.826. The van der Waals surface area contributed by atoms with Crippen molar-refractivity contribution in [3.05, 3.63) is 23.8 Å². The van der Waals surface area contributed by atoms with Crippen LogP contribution in [0.15, 0.2) is 18.2 Å². The minimum atomic E-state index is -0.333. The summed E-state index contributed by atoms with van der Waals surface area (Å²) < 4.78 is 10.5. The Morgan fingerprint density at radius 3 is 2.19 bits per heavy atom. The number of rotatable bonds is 5. The molecule has 4 heteroatoms. The summed E-state index contributed by atoms with van der Waals surface area (Å²) in [4.78, 5) is 10.9. The molecule has 1 amide bonds. The molecule has 0 saturated heterocycles. The van der Waals surface area contributed by atoms with Crippen molar-refractivity contribution in [3.8, 4) is 11.5 Å². The molecule has 1 aromatic rings. The van der Waals surface area contributed by atoms with Crippen LogP contribution >= 0.6 is 0 Å². The summed E-state index contributed by atoms with van der Waals surface area (Å²) in [6.45, 7) is 1.92. The lowest BCUT2D eigenvalue weighted by atomic mass is 9.95. The van der Waals surface area contributed by atoms with Crippen LogP contribution in [0.1, 0.15) is 24.8 Å². The number of nitrogens with two attached hydrogens (primary N) is 1. The first-order valence-corrected chi connectivity index (χ1v) is 5.09. The normalized spacial score (nSPS) is 11.9. The Balaban J connectivity index is 3.12. The molecule has 1 aromatic carbocycles. The lowest BCUT2D eigenvalue weighted by Crippen LogP contribution is -2.14. The lowest BCUT2D eigenvalue weighted by Gasteiger charge is -2.17. The van der Waals surface area contributed by atoms with Gasteiger partial charge in [-0.15, -0.1) is 0 Å². The van der Waals surface area contributed by atoms with Gasteiger partial charge in [-0.3, -0.25) is 4.79 Å². The van der Waals surface area contributed by atoms with Gasteiger partial charge in [0.25, 0.3) is 0 Å². The van der Waals surface area contributed by atoms with E-state index in [2.05, 4.69) is 0 Å². The molecule has 0 fully saturated rings. The van der Waals surface area contributed by atoms with Gasteiger partial charge in [-0.1, -0.05) is 13.0 Å². The Morgan fingerprint density at radius 1 is 1.31 bits per heavy atom. The van der Waals surface area contributed by atoms with Crippen LogP contribution in [0, 0.1) is 0 Å². The van der Waals surface area contributed by atoms with Gasteiger partial charge in [0.05, 0.1) is 14.2 Å². The minimum Gasteiger partial charge on any atom is -0.496 e. The van der Waals surface area contributed by atoms with Crippen LogP contribution in [0.5, 0.6) is 11.5 Å². The maximum atomic E-state index is 10.9. The van der Waals surface area contributed by atoms with E-state index < -0.39 is 0 Å². The van der Waals surface area contributed by atoms with Gasteiger partial charge in [-0.2, -0.15) is 0 Å². The Hall–Kier alpha value is -1.71. The number of primary amides is 1. The van der Waals surface area contributed by atoms with E-state index in [0.717, 1.165) is 5.56 Å². The molecule has 0 aliphatic carbocycles. The van der Waals surface area contributed by atoms with Crippen LogP contribution < -0.4 is 15.2 Å². The van der Waals surface area contributed by atoms with E-state index in [4.69, 9.17) is 15.2 Å². The zero-order valence-electron chi connectivity index (χ0n) is 9.82. The molecule has 0 aliphatic heterocycles. The smallest absolute Gasteiger partial charge is 0.218 e. The van der Waals surface area contributed by atoms with E-state index >= 15 is 0 Å². The zero-order chi connectivity index (χ0) is 12.1. The zero-order valence-corrected chi connectivity index (χ0v) is 9.82. The van der Waals surface area contributed by atoms with Gasteiger partial charge in [-0.05, 0) is 18.1 Å². The molecule has 0 heterocycles. The second-order valence-electron chi connectivity index (χ2n) is 3.65. The Kier molecular flexibility index (Phi) is 4.17. The Labute approximate surface area is 95.3 Å². The third-order valence-electron chi connectivity index (χ3n) is 2.47. The molecular formula is C12H17NO3. The number of ether oxygens (including phenoxy) is 2. The summed E-state index contributed by atoms with van der Waals surface area (Å²) in [5, 5.41) is 0. The maximum Gasteiger partial charge on any atom is 0.218 e. The number of benzene rings is 1. The average Bonchev–Trinajstić information content (AvgIpc) is 2.26. The van der Waals surface area contributed by atoms with Crippen LogP contribution in [-0.4, -0.2) is 20.1 Å². The van der Waals surface area contributed by atoms with Gasteiger partial charge in [-0.25, -0.2) is 0 Å². The van der Waals surface area contributed by atoms with Crippen molar-refractivity contribution in [2.24, 2.45) is 5.73 Å². The van der Waals surface area contributed by atoms with Gasteiger partial charge in [0.15, 0.2) is 0 Å². The van der Waals surface area contributed by atoms with E-state index in [0.29, 0.717) is 11.5 Å². The van der Waals surface area contributed by atoms with Crippen molar-refractivity contribution < 1.29 is 14.3 Å². The first-order valence-electron chi connectivity index (χ1n) is 5.09.